The fraction of sp³-hybridized carbons (Fsp3) is 0.316. The molecule has 0 heterocycles. The van der Waals surface area contributed by atoms with Gasteiger partial charge in [0, 0.05) is 11.1 Å². The second-order valence-electron chi connectivity index (χ2n) is 6.60. The zero-order chi connectivity index (χ0) is 18.9. The largest absolute Gasteiger partial charge is 0.352 e. The van der Waals surface area contributed by atoms with Crippen LogP contribution in [-0.2, 0) is 14.8 Å². The van der Waals surface area contributed by atoms with Crippen LogP contribution in [0.4, 0.5) is 5.69 Å². The Morgan fingerprint density at radius 3 is 2.42 bits per heavy atom. The first-order valence-electron chi connectivity index (χ1n) is 8.42. The van der Waals surface area contributed by atoms with Gasteiger partial charge in [0.15, 0.2) is 0 Å². The van der Waals surface area contributed by atoms with E-state index in [1.54, 1.807) is 49.4 Å². The number of sulfonamides is 1. The highest BCUT2D eigenvalue weighted by Gasteiger charge is 2.30. The number of halogens is 1. The van der Waals surface area contributed by atoms with E-state index in [2.05, 4.69) is 5.32 Å². The Kier molecular flexibility index (Phi) is 5.25. The highest BCUT2D eigenvalue weighted by molar-refractivity contribution is 7.92. The van der Waals surface area contributed by atoms with Crippen molar-refractivity contribution in [3.63, 3.8) is 0 Å². The summed E-state index contributed by atoms with van der Waals surface area (Å²) < 4.78 is 27.6. The second kappa shape index (κ2) is 7.29. The molecule has 1 aliphatic rings. The summed E-state index contributed by atoms with van der Waals surface area (Å²) in [5.41, 5.74) is 2.09. The quantitative estimate of drug-likeness (QED) is 0.818. The van der Waals surface area contributed by atoms with Crippen LogP contribution in [0.3, 0.4) is 0 Å². The van der Waals surface area contributed by atoms with Crippen LogP contribution in [0.25, 0.3) is 0 Å². The fourth-order valence-corrected chi connectivity index (χ4v) is 4.26. The van der Waals surface area contributed by atoms with Crippen LogP contribution >= 0.6 is 11.6 Å². The summed E-state index contributed by atoms with van der Waals surface area (Å²) >= 11 is 6.09. The number of amides is 1. The maximum Gasteiger partial charge on any atom is 0.264 e. The van der Waals surface area contributed by atoms with Crippen molar-refractivity contribution in [3.8, 4) is 0 Å². The van der Waals surface area contributed by atoms with Crippen LogP contribution < -0.4 is 9.62 Å². The molecule has 0 aromatic heterocycles. The molecule has 138 valence electrons. The summed E-state index contributed by atoms with van der Waals surface area (Å²) in [4.78, 5) is 12.5. The first-order chi connectivity index (χ1) is 12.3. The third-order valence-corrected chi connectivity index (χ3v) is 6.29. The van der Waals surface area contributed by atoms with Crippen LogP contribution in [0.5, 0.6) is 0 Å². The van der Waals surface area contributed by atoms with E-state index in [9.17, 15) is 13.2 Å². The smallest absolute Gasteiger partial charge is 0.264 e. The number of hydrogen-bond donors (Lipinski definition) is 1. The van der Waals surface area contributed by atoms with Gasteiger partial charge in [0.05, 0.1) is 10.6 Å². The van der Waals surface area contributed by atoms with Gasteiger partial charge in [-0.05, 0) is 56.5 Å². The summed E-state index contributed by atoms with van der Waals surface area (Å²) in [6, 6.07) is 11.8. The average molecular weight is 393 g/mol. The van der Waals surface area contributed by atoms with E-state index >= 15 is 0 Å². The van der Waals surface area contributed by atoms with Crippen molar-refractivity contribution in [2.24, 2.45) is 0 Å². The number of carbonyl (C=O) groups is 1. The Labute approximate surface area is 159 Å². The Morgan fingerprint density at radius 1 is 1.15 bits per heavy atom. The van der Waals surface area contributed by atoms with Gasteiger partial charge in [-0.25, -0.2) is 8.42 Å². The highest BCUT2D eigenvalue weighted by Crippen LogP contribution is 2.29. The monoisotopic (exact) mass is 392 g/mol. The molecule has 0 atom stereocenters. The van der Waals surface area contributed by atoms with Crippen molar-refractivity contribution >= 4 is 33.2 Å². The number of aryl methyl sites for hydroxylation is 2. The van der Waals surface area contributed by atoms with Crippen LogP contribution in [-0.4, -0.2) is 26.9 Å². The van der Waals surface area contributed by atoms with Crippen LogP contribution in [0.15, 0.2) is 47.4 Å². The zero-order valence-electron chi connectivity index (χ0n) is 14.7. The Hall–Kier alpha value is -2.05. The van der Waals surface area contributed by atoms with Crippen molar-refractivity contribution in [2.45, 2.75) is 37.6 Å². The number of hydrogen-bond acceptors (Lipinski definition) is 3. The van der Waals surface area contributed by atoms with Gasteiger partial charge < -0.3 is 5.32 Å². The molecule has 26 heavy (non-hydrogen) atoms. The van der Waals surface area contributed by atoms with Crippen molar-refractivity contribution in [2.75, 3.05) is 10.8 Å². The van der Waals surface area contributed by atoms with E-state index in [0.29, 0.717) is 10.7 Å². The minimum Gasteiger partial charge on any atom is -0.352 e. The van der Waals surface area contributed by atoms with Crippen LogP contribution in [0, 0.1) is 13.8 Å². The lowest BCUT2D eigenvalue weighted by Gasteiger charge is -2.26. The van der Waals surface area contributed by atoms with Crippen molar-refractivity contribution in [1.82, 2.24) is 5.32 Å². The topological polar surface area (TPSA) is 66.5 Å². The van der Waals surface area contributed by atoms with E-state index in [0.717, 1.165) is 28.3 Å². The van der Waals surface area contributed by atoms with E-state index in [1.807, 2.05) is 6.92 Å². The Morgan fingerprint density at radius 2 is 1.81 bits per heavy atom. The standard InChI is InChI=1S/C19H21ClN2O3S/c1-13-3-9-17(10-4-13)26(24,25)22(12-19(23)21-16-7-8-16)18-11-15(20)6-5-14(18)2/h3-6,9-11,16H,7-8,12H2,1-2H3,(H,21,23). The molecule has 1 fully saturated rings. The van der Waals surface area contributed by atoms with Crippen molar-refractivity contribution in [1.29, 1.82) is 0 Å². The number of rotatable bonds is 6. The first-order valence-corrected chi connectivity index (χ1v) is 10.2. The Balaban J connectivity index is 2.02. The first kappa shape index (κ1) is 18.7. The van der Waals surface area contributed by atoms with Gasteiger partial charge in [-0.3, -0.25) is 9.10 Å². The lowest BCUT2D eigenvalue weighted by atomic mass is 10.2. The minimum atomic E-state index is -3.91. The lowest BCUT2D eigenvalue weighted by molar-refractivity contribution is -0.119. The number of benzene rings is 2. The summed E-state index contributed by atoms with van der Waals surface area (Å²) in [6.45, 7) is 3.40. The molecule has 0 unspecified atom stereocenters. The SMILES string of the molecule is Cc1ccc(S(=O)(=O)N(CC(=O)NC2CC2)c2cc(Cl)ccc2C)cc1. The molecule has 5 nitrogen and oxygen atoms in total. The van der Waals surface area contributed by atoms with Gasteiger partial charge in [-0.15, -0.1) is 0 Å². The lowest BCUT2D eigenvalue weighted by Crippen LogP contribution is -2.41. The average Bonchev–Trinajstić information content (AvgIpc) is 3.39. The maximum absolute atomic E-state index is 13.2. The molecule has 0 spiro atoms. The molecule has 2 aromatic carbocycles. The van der Waals surface area contributed by atoms with Crippen LogP contribution in [0.1, 0.15) is 24.0 Å². The molecular formula is C19H21ClN2O3S. The third-order valence-electron chi connectivity index (χ3n) is 4.28. The molecule has 7 heteroatoms. The molecule has 1 amide bonds. The molecule has 0 saturated heterocycles. The van der Waals surface area contributed by atoms with Crippen molar-refractivity contribution < 1.29 is 13.2 Å². The second-order valence-corrected chi connectivity index (χ2v) is 8.90. The summed E-state index contributed by atoms with van der Waals surface area (Å²) in [7, 11) is -3.91. The molecule has 3 rings (SSSR count). The molecule has 1 saturated carbocycles. The summed E-state index contributed by atoms with van der Waals surface area (Å²) in [5.74, 6) is -0.317. The van der Waals surface area contributed by atoms with E-state index in [4.69, 9.17) is 11.6 Å². The van der Waals surface area contributed by atoms with Gasteiger partial charge in [0.25, 0.3) is 10.0 Å². The number of nitrogens with zero attached hydrogens (tertiary/aromatic N) is 1. The van der Waals surface area contributed by atoms with Gasteiger partial charge in [-0.1, -0.05) is 35.4 Å². The molecule has 0 bridgehead atoms. The van der Waals surface area contributed by atoms with Gasteiger partial charge in [0.1, 0.15) is 6.54 Å². The van der Waals surface area contributed by atoms with E-state index in [1.165, 1.54) is 0 Å². The predicted molar refractivity (Wildman–Crippen MR) is 103 cm³/mol. The molecular weight excluding hydrogens is 372 g/mol. The van der Waals surface area contributed by atoms with Crippen LogP contribution in [0.2, 0.25) is 5.02 Å². The fourth-order valence-electron chi connectivity index (χ4n) is 2.62. The molecule has 2 aromatic rings. The maximum atomic E-state index is 13.2. The van der Waals surface area contributed by atoms with E-state index < -0.39 is 10.0 Å². The van der Waals surface area contributed by atoms with Crippen molar-refractivity contribution in [3.05, 3.63) is 58.6 Å². The molecule has 0 radical (unpaired) electrons. The minimum absolute atomic E-state index is 0.140. The molecule has 0 aliphatic heterocycles. The zero-order valence-corrected chi connectivity index (χ0v) is 16.3. The van der Waals surface area contributed by atoms with E-state index in [-0.39, 0.29) is 23.4 Å². The molecule has 1 aliphatic carbocycles. The highest BCUT2D eigenvalue weighted by atomic mass is 35.5. The third kappa shape index (κ3) is 4.19. The van der Waals surface area contributed by atoms with Gasteiger partial charge in [-0.2, -0.15) is 0 Å². The van der Waals surface area contributed by atoms with Gasteiger partial charge >= 0.3 is 0 Å². The predicted octanol–water partition coefficient (Wildman–Crippen LogP) is 3.43. The number of nitrogens with one attached hydrogen (secondary N) is 1. The summed E-state index contributed by atoms with van der Waals surface area (Å²) in [5, 5.41) is 3.26. The normalized spacial score (nSPS) is 14.1. The molecule has 1 N–H and O–H groups in total. The van der Waals surface area contributed by atoms with Gasteiger partial charge in [0.2, 0.25) is 5.91 Å². The Bertz CT molecular complexity index is 922. The number of carbonyl (C=O) groups excluding carboxylic acids is 1. The summed E-state index contributed by atoms with van der Waals surface area (Å²) in [6.07, 6.45) is 1.87. The number of anilines is 1.